The molecule has 1 radical (unpaired) electrons. The van der Waals surface area contributed by atoms with Crippen LogP contribution in [0.5, 0.6) is 0 Å². The number of alkyl halides is 3. The van der Waals surface area contributed by atoms with Crippen LogP contribution in [-0.4, -0.2) is 11.1 Å². The molecule has 0 aliphatic heterocycles. The molecule has 0 bridgehead atoms. The van der Waals surface area contributed by atoms with E-state index in [0.29, 0.717) is 0 Å². The van der Waals surface area contributed by atoms with Gasteiger partial charge in [0.25, 0.3) is 0 Å². The maximum Gasteiger partial charge on any atom is 0.337 e. The Labute approximate surface area is 49.6 Å². The van der Waals surface area contributed by atoms with E-state index in [0.717, 1.165) is 6.41 Å². The Morgan fingerprint density at radius 1 is 1.71 bits per heavy atom. The van der Waals surface area contributed by atoms with Crippen LogP contribution in [0.15, 0.2) is 0 Å². The Morgan fingerprint density at radius 3 is 2.14 bits per heavy atom. The molecule has 0 rings (SSSR count). The second-order valence-electron chi connectivity index (χ2n) is 0.725. The maximum absolute atomic E-state index is 11.5. The quantitative estimate of drug-likeness (QED) is 0.346. The lowest BCUT2D eigenvalue weighted by Crippen LogP contribution is -2.27. The van der Waals surface area contributed by atoms with Crippen molar-refractivity contribution >= 4 is 29.6 Å². The summed E-state index contributed by atoms with van der Waals surface area (Å²) in [5, 5.41) is 1.34. The van der Waals surface area contributed by atoms with E-state index >= 15 is 0 Å². The lowest BCUT2D eigenvalue weighted by atomic mass is 11.2. The van der Waals surface area contributed by atoms with Crippen LogP contribution in [0.4, 0.5) is 4.39 Å². The van der Waals surface area contributed by atoms with Gasteiger partial charge in [-0.2, -0.15) is 4.39 Å². The van der Waals surface area contributed by atoms with Gasteiger partial charge in [-0.3, -0.25) is 10.1 Å². The molecule has 5 heteroatoms. The Kier molecular flexibility index (Phi) is 2.32. The maximum atomic E-state index is 11.5. The Balaban J connectivity index is 3.34. The second kappa shape index (κ2) is 2.33. The van der Waals surface area contributed by atoms with Crippen molar-refractivity contribution in [2.24, 2.45) is 0 Å². The highest BCUT2D eigenvalue weighted by Crippen LogP contribution is 2.16. The fourth-order valence-electron chi connectivity index (χ4n) is 0.0579. The van der Waals surface area contributed by atoms with E-state index in [1.807, 2.05) is 0 Å². The van der Waals surface area contributed by atoms with E-state index in [1.54, 1.807) is 0 Å². The van der Waals surface area contributed by atoms with Crippen LogP contribution in [0.25, 0.3) is 0 Å². The van der Waals surface area contributed by atoms with Crippen molar-refractivity contribution in [3.05, 3.63) is 0 Å². The Bertz CT molecular complexity index is 70.6. The average Bonchev–Trinajstić information content (AvgIpc) is 1.30. The smallest absolute Gasteiger partial charge is 0.290 e. The van der Waals surface area contributed by atoms with Crippen LogP contribution in [-0.2, 0) is 4.79 Å². The van der Waals surface area contributed by atoms with Gasteiger partial charge in [-0.25, -0.2) is 0 Å². The van der Waals surface area contributed by atoms with Gasteiger partial charge in [0.2, 0.25) is 0 Å². The first-order chi connectivity index (χ1) is 3.06. The van der Waals surface area contributed by atoms with Crippen LogP contribution < -0.4 is 5.32 Å². The number of rotatable bonds is 2. The summed E-state index contributed by atoms with van der Waals surface area (Å²) in [5.41, 5.74) is 0. The summed E-state index contributed by atoms with van der Waals surface area (Å²) in [7, 11) is 0. The van der Waals surface area contributed by atoms with Crippen molar-refractivity contribution in [3.63, 3.8) is 0 Å². The second-order valence-corrected chi connectivity index (χ2v) is 1.96. The van der Waals surface area contributed by atoms with Crippen molar-refractivity contribution in [2.45, 2.75) is 4.71 Å². The van der Waals surface area contributed by atoms with Crippen molar-refractivity contribution in [2.75, 3.05) is 0 Å². The van der Waals surface area contributed by atoms with E-state index in [9.17, 15) is 9.18 Å². The highest BCUT2D eigenvalue weighted by Gasteiger charge is 2.19. The fraction of sp³-hybridized carbons (Fsp3) is 0.500. The molecule has 0 aliphatic carbocycles. The average molecular weight is 145 g/mol. The summed E-state index contributed by atoms with van der Waals surface area (Å²) in [6.07, 6.45) is 0.969. The number of hydrogen-bond donors (Lipinski definition) is 1. The summed E-state index contributed by atoms with van der Waals surface area (Å²) in [6, 6.07) is 0. The van der Waals surface area contributed by atoms with Gasteiger partial charge in [0.1, 0.15) is 0 Å². The van der Waals surface area contributed by atoms with Crippen molar-refractivity contribution in [1.82, 2.24) is 5.32 Å². The molecule has 7 heavy (non-hydrogen) atoms. The molecule has 1 amide bonds. The summed E-state index contributed by atoms with van der Waals surface area (Å²) >= 11 is 9.12. The molecule has 0 aromatic carbocycles. The van der Waals surface area contributed by atoms with E-state index in [4.69, 9.17) is 0 Å². The summed E-state index contributed by atoms with van der Waals surface area (Å²) in [5.74, 6) is 0. The molecule has 2 nitrogen and oxygen atoms in total. The van der Waals surface area contributed by atoms with Crippen molar-refractivity contribution < 1.29 is 9.18 Å². The molecule has 0 aromatic heterocycles. The van der Waals surface area contributed by atoms with Gasteiger partial charge in [0, 0.05) is 0 Å². The van der Waals surface area contributed by atoms with Crippen molar-refractivity contribution in [3.8, 4) is 0 Å². The summed E-state index contributed by atoms with van der Waals surface area (Å²) in [4.78, 5) is 9.18. The third-order valence-electron chi connectivity index (χ3n) is 0.193. The number of halogens is 3. The van der Waals surface area contributed by atoms with Gasteiger partial charge < -0.3 is 0 Å². The summed E-state index contributed by atoms with van der Waals surface area (Å²) in [6.45, 7) is 0. The minimum absolute atomic E-state index is 0.969. The van der Waals surface area contributed by atoms with Crippen LogP contribution in [0.3, 0.4) is 0 Å². The summed E-state index contributed by atoms with van der Waals surface area (Å²) < 4.78 is 8.87. The first-order valence-electron chi connectivity index (χ1n) is 1.27. The molecule has 0 spiro atoms. The van der Waals surface area contributed by atoms with Gasteiger partial charge in [-0.1, -0.05) is 0 Å². The van der Waals surface area contributed by atoms with Crippen LogP contribution in [0.2, 0.25) is 0 Å². The molecule has 41 valence electrons. The first-order valence-corrected chi connectivity index (χ1v) is 2.03. The molecule has 1 N–H and O–H groups in total. The third-order valence-corrected chi connectivity index (χ3v) is 0.382. The molecule has 0 saturated carbocycles. The normalized spacial score (nSPS) is 10.7. The zero-order valence-electron chi connectivity index (χ0n) is 3.04. The third kappa shape index (κ3) is 5.98. The SMILES string of the molecule is O=[C]NC(F)(Cl)Cl. The number of hydrogen-bond acceptors (Lipinski definition) is 1. The number of amides is 1. The van der Waals surface area contributed by atoms with Gasteiger partial charge >= 0.3 is 11.1 Å². The van der Waals surface area contributed by atoms with E-state index in [-0.39, 0.29) is 0 Å². The Hall–Kier alpha value is -0.0200. The van der Waals surface area contributed by atoms with Crippen LogP contribution in [0, 0.1) is 0 Å². The molecular formula is C2HCl2FNO. The van der Waals surface area contributed by atoms with E-state index < -0.39 is 4.71 Å². The minimum Gasteiger partial charge on any atom is -0.290 e. The van der Waals surface area contributed by atoms with Crippen molar-refractivity contribution in [1.29, 1.82) is 0 Å². The van der Waals surface area contributed by atoms with Crippen LogP contribution >= 0.6 is 23.2 Å². The van der Waals surface area contributed by atoms with E-state index in [2.05, 4.69) is 23.2 Å². The predicted octanol–water partition coefficient (Wildman–Crippen LogP) is 0.702. The zero-order chi connectivity index (χ0) is 5.91. The van der Waals surface area contributed by atoms with E-state index in [1.165, 1.54) is 5.32 Å². The number of nitrogens with one attached hydrogen (secondary N) is 1. The van der Waals surface area contributed by atoms with Gasteiger partial charge in [-0.05, 0) is 23.2 Å². The molecule has 0 heterocycles. The van der Waals surface area contributed by atoms with Gasteiger partial charge in [0.15, 0.2) is 0 Å². The standard InChI is InChI=1S/C2HCl2FNO/c3-2(4,5)6-1-7/h(H,6,7). The monoisotopic (exact) mass is 144 g/mol. The Morgan fingerprint density at radius 2 is 2.14 bits per heavy atom. The fourth-order valence-corrected chi connectivity index (χ4v) is 0.135. The zero-order valence-corrected chi connectivity index (χ0v) is 4.55. The molecule has 0 aromatic rings. The first kappa shape index (κ1) is 6.98. The van der Waals surface area contributed by atoms with Gasteiger partial charge in [-0.15, -0.1) is 0 Å². The van der Waals surface area contributed by atoms with Gasteiger partial charge in [0.05, 0.1) is 0 Å². The topological polar surface area (TPSA) is 29.1 Å². The lowest BCUT2D eigenvalue weighted by molar-refractivity contribution is 0.361. The molecule has 0 saturated heterocycles. The highest BCUT2D eigenvalue weighted by molar-refractivity contribution is 6.47. The molecular weight excluding hydrogens is 144 g/mol. The largest absolute Gasteiger partial charge is 0.337 e. The predicted molar refractivity (Wildman–Crippen MR) is 24.4 cm³/mol. The number of carbonyl (C=O) groups excluding carboxylic acids is 1. The lowest BCUT2D eigenvalue weighted by Gasteiger charge is -2.02. The molecule has 0 unspecified atom stereocenters. The molecule has 0 fully saturated rings. The minimum atomic E-state index is -2.68. The van der Waals surface area contributed by atoms with Crippen LogP contribution in [0.1, 0.15) is 0 Å². The molecule has 0 aliphatic rings. The molecule has 0 atom stereocenters. The highest BCUT2D eigenvalue weighted by atomic mass is 35.5.